The van der Waals surface area contributed by atoms with E-state index < -0.39 is 0 Å². The maximum Gasteiger partial charge on any atom is 0.269 e. The van der Waals surface area contributed by atoms with Crippen LogP contribution in [0.2, 0.25) is 0 Å². The van der Waals surface area contributed by atoms with Crippen molar-refractivity contribution in [1.29, 1.82) is 0 Å². The summed E-state index contributed by atoms with van der Waals surface area (Å²) in [5.74, 6) is 0. The number of rotatable bonds is 4. The summed E-state index contributed by atoms with van der Waals surface area (Å²) in [5.41, 5.74) is 5.91. The second kappa shape index (κ2) is 7.87. The Labute approximate surface area is 191 Å². The van der Waals surface area contributed by atoms with Crippen molar-refractivity contribution in [3.8, 4) is 0 Å². The second-order valence-electron chi connectivity index (χ2n) is 8.68. The van der Waals surface area contributed by atoms with E-state index in [1.54, 1.807) is 18.2 Å². The van der Waals surface area contributed by atoms with Crippen LogP contribution in [0.4, 0.5) is 5.69 Å². The molecule has 5 heteroatoms. The first-order chi connectivity index (χ1) is 16.2. The normalized spacial score (nSPS) is 16.2. The third-order valence-corrected chi connectivity index (χ3v) is 6.78. The number of nitrogens with zero attached hydrogens (tertiary/aromatic N) is 2. The first kappa shape index (κ1) is 19.7. The lowest BCUT2D eigenvalue weighted by Crippen LogP contribution is -2.35. The summed E-state index contributed by atoms with van der Waals surface area (Å²) in [6.45, 7) is 1.65. The molecule has 0 spiro atoms. The number of nitrogens with one attached hydrogen (secondary N) is 1. The quantitative estimate of drug-likeness (QED) is 0.264. The highest BCUT2D eigenvalue weighted by atomic mass is 16.6. The minimum atomic E-state index is -0.312. The van der Waals surface area contributed by atoms with E-state index in [0.29, 0.717) is 0 Å². The molecule has 4 aromatic carbocycles. The van der Waals surface area contributed by atoms with E-state index in [0.717, 1.165) is 36.3 Å². The van der Waals surface area contributed by atoms with Crippen molar-refractivity contribution in [2.45, 2.75) is 19.0 Å². The zero-order valence-corrected chi connectivity index (χ0v) is 18.1. The van der Waals surface area contributed by atoms with Crippen LogP contribution in [-0.4, -0.2) is 21.4 Å². The highest BCUT2D eigenvalue weighted by Crippen LogP contribution is 2.40. The molecule has 33 heavy (non-hydrogen) atoms. The van der Waals surface area contributed by atoms with Gasteiger partial charge in [0.2, 0.25) is 0 Å². The SMILES string of the molecule is O=[N+]([O-])c1cccc([C@H]2c3[nH]c4ccccc4c3CCN2Cc2cccc3ccccc23)c1. The fourth-order valence-electron chi connectivity index (χ4n) is 5.30. The molecule has 0 saturated heterocycles. The van der Waals surface area contributed by atoms with Gasteiger partial charge in [-0.1, -0.05) is 72.8 Å². The molecule has 0 saturated carbocycles. The van der Waals surface area contributed by atoms with E-state index in [9.17, 15) is 10.1 Å². The minimum Gasteiger partial charge on any atom is -0.357 e. The molecule has 0 aliphatic carbocycles. The predicted molar refractivity (Wildman–Crippen MR) is 131 cm³/mol. The Morgan fingerprint density at radius 1 is 0.909 bits per heavy atom. The predicted octanol–water partition coefficient (Wildman–Crippen LogP) is 6.38. The number of hydrogen-bond donors (Lipinski definition) is 1. The Kier molecular flexibility index (Phi) is 4.70. The topological polar surface area (TPSA) is 62.2 Å². The molecule has 1 aliphatic rings. The number of hydrogen-bond acceptors (Lipinski definition) is 3. The van der Waals surface area contributed by atoms with Gasteiger partial charge in [-0.15, -0.1) is 0 Å². The molecule has 1 atom stereocenters. The van der Waals surface area contributed by atoms with Crippen molar-refractivity contribution < 1.29 is 4.92 Å². The number of fused-ring (bicyclic) bond motifs is 4. The molecular weight excluding hydrogens is 410 g/mol. The van der Waals surface area contributed by atoms with E-state index in [1.807, 2.05) is 12.1 Å². The third kappa shape index (κ3) is 3.38. The van der Waals surface area contributed by atoms with Gasteiger partial charge >= 0.3 is 0 Å². The number of non-ortho nitro benzene ring substituents is 1. The van der Waals surface area contributed by atoms with E-state index >= 15 is 0 Å². The minimum absolute atomic E-state index is 0.0833. The lowest BCUT2D eigenvalue weighted by molar-refractivity contribution is -0.384. The number of para-hydroxylation sites is 1. The molecule has 162 valence electrons. The molecular formula is C28H23N3O2. The van der Waals surface area contributed by atoms with Crippen molar-refractivity contribution in [3.63, 3.8) is 0 Å². The number of aromatic amines is 1. The van der Waals surface area contributed by atoms with E-state index in [2.05, 4.69) is 70.5 Å². The molecule has 0 fully saturated rings. The van der Waals surface area contributed by atoms with Crippen molar-refractivity contribution in [2.75, 3.05) is 6.54 Å². The standard InChI is InChI=1S/C28H23N3O2/c32-31(33)22-11-6-9-20(17-22)28-27-25(24-13-3-4-14-26(24)29-27)15-16-30(28)18-21-10-5-8-19-7-1-2-12-23(19)21/h1-14,17,28-29H,15-16,18H2/t28-/m0/s1. The summed E-state index contributed by atoms with van der Waals surface area (Å²) in [7, 11) is 0. The zero-order valence-electron chi connectivity index (χ0n) is 18.1. The molecule has 1 aromatic heterocycles. The maximum absolute atomic E-state index is 11.5. The lowest BCUT2D eigenvalue weighted by atomic mass is 9.91. The van der Waals surface area contributed by atoms with Crippen LogP contribution in [0.5, 0.6) is 0 Å². The summed E-state index contributed by atoms with van der Waals surface area (Å²) in [6, 6.07) is 30.3. The number of aromatic nitrogens is 1. The van der Waals surface area contributed by atoms with Crippen LogP contribution in [-0.2, 0) is 13.0 Å². The maximum atomic E-state index is 11.5. The van der Waals surface area contributed by atoms with Crippen LogP contribution in [0.25, 0.3) is 21.7 Å². The van der Waals surface area contributed by atoms with Gasteiger partial charge in [-0.25, -0.2) is 0 Å². The number of H-pyrrole nitrogens is 1. The summed E-state index contributed by atoms with van der Waals surface area (Å²) in [6.07, 6.45) is 0.940. The van der Waals surface area contributed by atoms with Gasteiger partial charge in [0.1, 0.15) is 0 Å². The smallest absolute Gasteiger partial charge is 0.269 e. The Hall–Kier alpha value is -3.96. The Bertz CT molecular complexity index is 1500. The van der Waals surface area contributed by atoms with Crippen LogP contribution in [0.1, 0.15) is 28.4 Å². The summed E-state index contributed by atoms with van der Waals surface area (Å²) in [4.78, 5) is 17.3. The van der Waals surface area contributed by atoms with Crippen molar-refractivity contribution in [2.24, 2.45) is 0 Å². The first-order valence-electron chi connectivity index (χ1n) is 11.2. The molecule has 1 N–H and O–H groups in total. The molecule has 5 aromatic rings. The van der Waals surface area contributed by atoms with Crippen LogP contribution in [0.15, 0.2) is 91.0 Å². The highest BCUT2D eigenvalue weighted by molar-refractivity contribution is 5.86. The van der Waals surface area contributed by atoms with Gasteiger partial charge in [-0.05, 0) is 39.9 Å². The number of nitro groups is 1. The fourth-order valence-corrected chi connectivity index (χ4v) is 5.30. The van der Waals surface area contributed by atoms with E-state index in [-0.39, 0.29) is 16.7 Å². The number of nitro benzene ring substituents is 1. The molecule has 0 bridgehead atoms. The molecule has 5 nitrogen and oxygen atoms in total. The van der Waals surface area contributed by atoms with E-state index in [4.69, 9.17) is 0 Å². The number of benzene rings is 4. The van der Waals surface area contributed by atoms with Gasteiger partial charge in [-0.3, -0.25) is 15.0 Å². The summed E-state index contributed by atoms with van der Waals surface area (Å²) in [5, 5.41) is 15.2. The van der Waals surface area contributed by atoms with Crippen LogP contribution in [0.3, 0.4) is 0 Å². The van der Waals surface area contributed by atoms with Crippen molar-refractivity contribution in [1.82, 2.24) is 9.88 Å². The summed E-state index contributed by atoms with van der Waals surface area (Å²) < 4.78 is 0. The van der Waals surface area contributed by atoms with Crippen LogP contribution >= 0.6 is 0 Å². The molecule has 0 unspecified atom stereocenters. The first-order valence-corrected chi connectivity index (χ1v) is 11.2. The Morgan fingerprint density at radius 2 is 1.67 bits per heavy atom. The summed E-state index contributed by atoms with van der Waals surface area (Å²) >= 11 is 0. The third-order valence-electron chi connectivity index (χ3n) is 6.78. The average Bonchev–Trinajstić information content (AvgIpc) is 3.23. The van der Waals surface area contributed by atoms with Crippen molar-refractivity contribution >= 4 is 27.4 Å². The Morgan fingerprint density at radius 3 is 2.55 bits per heavy atom. The lowest BCUT2D eigenvalue weighted by Gasteiger charge is -2.36. The van der Waals surface area contributed by atoms with E-state index in [1.165, 1.54) is 27.3 Å². The van der Waals surface area contributed by atoms with Gasteiger partial charge in [0.05, 0.1) is 11.0 Å². The zero-order chi connectivity index (χ0) is 22.4. The molecule has 2 heterocycles. The molecule has 6 rings (SSSR count). The van der Waals surface area contributed by atoms with Crippen LogP contribution in [0, 0.1) is 10.1 Å². The monoisotopic (exact) mass is 433 g/mol. The highest BCUT2D eigenvalue weighted by Gasteiger charge is 2.32. The van der Waals surface area contributed by atoms with Crippen molar-refractivity contribution in [3.05, 3.63) is 123 Å². The van der Waals surface area contributed by atoms with Gasteiger partial charge < -0.3 is 4.98 Å². The Balaban J connectivity index is 1.50. The van der Waals surface area contributed by atoms with Gasteiger partial charge in [0, 0.05) is 41.8 Å². The molecule has 1 aliphatic heterocycles. The molecule has 0 radical (unpaired) electrons. The second-order valence-corrected chi connectivity index (χ2v) is 8.68. The largest absolute Gasteiger partial charge is 0.357 e. The molecule has 0 amide bonds. The fraction of sp³-hybridized carbons (Fsp3) is 0.143. The van der Waals surface area contributed by atoms with Gasteiger partial charge in [0.15, 0.2) is 0 Å². The van der Waals surface area contributed by atoms with Gasteiger partial charge in [-0.2, -0.15) is 0 Å². The van der Waals surface area contributed by atoms with Crippen LogP contribution < -0.4 is 0 Å². The van der Waals surface area contributed by atoms with Gasteiger partial charge in [0.25, 0.3) is 5.69 Å². The average molecular weight is 434 g/mol.